The summed E-state index contributed by atoms with van der Waals surface area (Å²) in [5.74, 6) is 1.47. The van der Waals surface area contributed by atoms with E-state index in [-0.39, 0.29) is 0 Å². The number of unbranched alkanes of at least 4 members (excludes halogenated alkanes) is 2. The van der Waals surface area contributed by atoms with Crippen molar-refractivity contribution in [2.75, 3.05) is 13.2 Å². The molecule has 0 saturated carbocycles. The van der Waals surface area contributed by atoms with Crippen LogP contribution >= 0.6 is 0 Å². The van der Waals surface area contributed by atoms with Gasteiger partial charge in [0.1, 0.15) is 11.5 Å². The fourth-order valence-corrected chi connectivity index (χ4v) is 2.06. The van der Waals surface area contributed by atoms with Crippen LogP contribution in [0.5, 0.6) is 11.5 Å². The highest BCUT2D eigenvalue weighted by atomic mass is 16.5. The van der Waals surface area contributed by atoms with E-state index in [0.29, 0.717) is 24.5 Å². The minimum atomic E-state index is 0.593. The summed E-state index contributed by atoms with van der Waals surface area (Å²) in [6.07, 6.45) is 2.87. The summed E-state index contributed by atoms with van der Waals surface area (Å²) in [6.45, 7) is 8.22. The van der Waals surface area contributed by atoms with Gasteiger partial charge < -0.3 is 9.47 Å². The molecule has 0 bridgehead atoms. The van der Waals surface area contributed by atoms with E-state index in [1.54, 1.807) is 24.3 Å². The van der Waals surface area contributed by atoms with Crippen molar-refractivity contribution in [1.29, 1.82) is 5.26 Å². The van der Waals surface area contributed by atoms with Gasteiger partial charge in [-0.2, -0.15) is 5.26 Å². The van der Waals surface area contributed by atoms with Gasteiger partial charge in [0.25, 0.3) is 0 Å². The van der Waals surface area contributed by atoms with Crippen molar-refractivity contribution in [3.05, 3.63) is 65.5 Å². The second-order valence-electron chi connectivity index (χ2n) is 5.01. The quantitative estimate of drug-likeness (QED) is 0.523. The fourth-order valence-electron chi connectivity index (χ4n) is 2.06. The molecule has 0 spiro atoms. The van der Waals surface area contributed by atoms with Gasteiger partial charge in [0.15, 0.2) is 5.69 Å². The van der Waals surface area contributed by atoms with Crippen molar-refractivity contribution in [3.8, 4) is 17.6 Å². The van der Waals surface area contributed by atoms with Gasteiger partial charge in [-0.15, -0.1) is 0 Å². The molecule has 0 unspecified atom stereocenters. The average Bonchev–Trinajstić information content (AvgIpc) is 2.61. The van der Waals surface area contributed by atoms with E-state index in [2.05, 4.69) is 10.9 Å². The lowest BCUT2D eigenvalue weighted by Gasteiger charge is -2.08. The summed E-state index contributed by atoms with van der Waals surface area (Å²) in [5.41, 5.74) is 1.20. The Labute approximate surface area is 136 Å². The third-order valence-electron chi connectivity index (χ3n) is 3.24. The first-order chi connectivity index (χ1) is 11.3. The number of benzene rings is 2. The Morgan fingerprint density at radius 3 is 2.22 bits per heavy atom. The number of nitrogens with zero attached hydrogens (tertiary/aromatic N) is 2. The van der Waals surface area contributed by atoms with Crippen LogP contribution in [-0.4, -0.2) is 13.2 Å². The Balaban J connectivity index is 1.59. The van der Waals surface area contributed by atoms with Gasteiger partial charge in [-0.3, -0.25) is 0 Å². The van der Waals surface area contributed by atoms with E-state index in [4.69, 9.17) is 21.3 Å². The lowest BCUT2D eigenvalue weighted by atomic mass is 10.2. The monoisotopic (exact) mass is 306 g/mol. The van der Waals surface area contributed by atoms with E-state index in [9.17, 15) is 0 Å². The first kappa shape index (κ1) is 16.4. The third kappa shape index (κ3) is 5.73. The fraction of sp³-hybridized carbons (Fsp3) is 0.263. The van der Waals surface area contributed by atoms with Crippen molar-refractivity contribution < 1.29 is 9.47 Å². The highest BCUT2D eigenvalue weighted by Crippen LogP contribution is 2.20. The van der Waals surface area contributed by atoms with Gasteiger partial charge in [-0.05, 0) is 49.6 Å². The van der Waals surface area contributed by atoms with Crippen LogP contribution in [0.1, 0.15) is 24.8 Å². The highest BCUT2D eigenvalue weighted by molar-refractivity contribution is 5.48. The van der Waals surface area contributed by atoms with Gasteiger partial charge in [0, 0.05) is 0 Å². The van der Waals surface area contributed by atoms with Crippen molar-refractivity contribution in [2.24, 2.45) is 0 Å². The molecule has 0 saturated heterocycles. The number of rotatable bonds is 8. The molecule has 0 radical (unpaired) electrons. The number of hydrogen-bond acceptors (Lipinski definition) is 3. The van der Waals surface area contributed by atoms with Crippen LogP contribution in [0.4, 0.5) is 5.69 Å². The standard InChI is InChI=1S/C19H18N2O2/c1-21-17-8-6-10-19(14-17)23-12-4-2-3-11-22-18-9-5-7-16(13-18)15-20/h5-10,13-14H,2-4,11-12H2. The van der Waals surface area contributed by atoms with Gasteiger partial charge in [-0.1, -0.05) is 18.2 Å². The van der Waals surface area contributed by atoms with E-state index < -0.39 is 0 Å². The smallest absolute Gasteiger partial charge is 0.190 e. The molecule has 0 aliphatic heterocycles. The maximum Gasteiger partial charge on any atom is 0.190 e. The molecule has 0 aliphatic rings. The Hall–Kier alpha value is -2.98. The lowest BCUT2D eigenvalue weighted by molar-refractivity contribution is 0.279. The molecule has 0 amide bonds. The molecule has 0 heterocycles. The predicted molar refractivity (Wildman–Crippen MR) is 88.7 cm³/mol. The van der Waals surface area contributed by atoms with Crippen molar-refractivity contribution in [2.45, 2.75) is 19.3 Å². The topological polar surface area (TPSA) is 46.6 Å². The van der Waals surface area contributed by atoms with Crippen LogP contribution in [0.25, 0.3) is 4.85 Å². The molecule has 0 atom stereocenters. The SMILES string of the molecule is [C-]#[N+]c1cccc(OCCCCCOc2cccc(C#N)c2)c1. The first-order valence-corrected chi connectivity index (χ1v) is 7.55. The summed E-state index contributed by atoms with van der Waals surface area (Å²) < 4.78 is 11.2. The lowest BCUT2D eigenvalue weighted by Crippen LogP contribution is -2.01. The van der Waals surface area contributed by atoms with Gasteiger partial charge in [0.05, 0.1) is 31.4 Å². The molecule has 4 nitrogen and oxygen atoms in total. The van der Waals surface area contributed by atoms with E-state index in [0.717, 1.165) is 30.8 Å². The molecule has 0 aliphatic carbocycles. The van der Waals surface area contributed by atoms with Crippen molar-refractivity contribution in [3.63, 3.8) is 0 Å². The predicted octanol–water partition coefficient (Wildman–Crippen LogP) is 4.74. The molecular formula is C19H18N2O2. The average molecular weight is 306 g/mol. The highest BCUT2D eigenvalue weighted by Gasteiger charge is 1.98. The molecular weight excluding hydrogens is 288 g/mol. The van der Waals surface area contributed by atoms with E-state index in [1.165, 1.54) is 0 Å². The van der Waals surface area contributed by atoms with Crippen molar-refractivity contribution >= 4 is 5.69 Å². The Morgan fingerprint density at radius 1 is 0.913 bits per heavy atom. The summed E-state index contributed by atoms with van der Waals surface area (Å²) >= 11 is 0. The molecule has 0 fully saturated rings. The van der Waals surface area contributed by atoms with Crippen LogP contribution in [0.3, 0.4) is 0 Å². The molecule has 2 aromatic carbocycles. The van der Waals surface area contributed by atoms with Gasteiger partial charge in [0.2, 0.25) is 0 Å². The van der Waals surface area contributed by atoms with Crippen molar-refractivity contribution in [1.82, 2.24) is 0 Å². The Kier molecular flexibility index (Phi) is 6.50. The van der Waals surface area contributed by atoms with Gasteiger partial charge >= 0.3 is 0 Å². The maximum atomic E-state index is 8.82. The molecule has 0 N–H and O–H groups in total. The summed E-state index contributed by atoms with van der Waals surface area (Å²) in [5, 5.41) is 8.82. The van der Waals surface area contributed by atoms with E-state index in [1.807, 2.05) is 24.3 Å². The van der Waals surface area contributed by atoms with E-state index >= 15 is 0 Å². The third-order valence-corrected chi connectivity index (χ3v) is 3.24. The summed E-state index contributed by atoms with van der Waals surface area (Å²) in [7, 11) is 0. The zero-order valence-electron chi connectivity index (χ0n) is 12.9. The Morgan fingerprint density at radius 2 is 1.57 bits per heavy atom. The molecule has 4 heteroatoms. The molecule has 23 heavy (non-hydrogen) atoms. The minimum Gasteiger partial charge on any atom is -0.495 e. The first-order valence-electron chi connectivity index (χ1n) is 7.55. The molecule has 0 aromatic heterocycles. The molecule has 2 aromatic rings. The van der Waals surface area contributed by atoms with Crippen LogP contribution in [-0.2, 0) is 0 Å². The zero-order valence-corrected chi connectivity index (χ0v) is 12.9. The van der Waals surface area contributed by atoms with Gasteiger partial charge in [-0.25, -0.2) is 4.85 Å². The van der Waals surface area contributed by atoms with Crippen LogP contribution in [0.2, 0.25) is 0 Å². The second kappa shape index (κ2) is 9.12. The number of ether oxygens (including phenoxy) is 2. The van der Waals surface area contributed by atoms with Crippen LogP contribution in [0, 0.1) is 17.9 Å². The minimum absolute atomic E-state index is 0.593. The molecule has 2 rings (SSSR count). The van der Waals surface area contributed by atoms with Crippen LogP contribution in [0.15, 0.2) is 48.5 Å². The maximum absolute atomic E-state index is 8.82. The second-order valence-corrected chi connectivity index (χ2v) is 5.01. The van der Waals surface area contributed by atoms with Crippen LogP contribution < -0.4 is 9.47 Å². The number of hydrogen-bond donors (Lipinski definition) is 0. The number of nitriles is 1. The summed E-state index contributed by atoms with van der Waals surface area (Å²) in [4.78, 5) is 3.37. The largest absolute Gasteiger partial charge is 0.495 e. The summed E-state index contributed by atoms with van der Waals surface area (Å²) in [6, 6.07) is 16.5. The molecule has 116 valence electrons. The Bertz CT molecular complexity index is 652. The normalized spacial score (nSPS) is 9.65. The zero-order chi connectivity index (χ0) is 16.3.